The van der Waals surface area contributed by atoms with Crippen molar-refractivity contribution in [1.82, 2.24) is 0 Å². The van der Waals surface area contributed by atoms with Crippen molar-refractivity contribution in [2.45, 2.75) is 38.9 Å². The van der Waals surface area contributed by atoms with Gasteiger partial charge in [0.15, 0.2) is 6.54 Å². The van der Waals surface area contributed by atoms with Crippen LogP contribution in [-0.4, -0.2) is 50.8 Å². The molecule has 5 heteroatoms. The fourth-order valence-electron chi connectivity index (χ4n) is 3.70. The largest absolute Gasteiger partial charge is 0.372 e. The molecule has 0 radical (unpaired) electrons. The number of nitrogens with one attached hydrogen (secondary N) is 2. The molecule has 0 saturated carbocycles. The van der Waals surface area contributed by atoms with Gasteiger partial charge < -0.3 is 19.9 Å². The van der Waals surface area contributed by atoms with Crippen LogP contribution in [0.3, 0.4) is 0 Å². The number of ether oxygens (including phenoxy) is 1. The molecule has 2 aliphatic rings. The highest BCUT2D eigenvalue weighted by Gasteiger charge is 2.27. The highest BCUT2D eigenvalue weighted by molar-refractivity contribution is 5.91. The van der Waals surface area contributed by atoms with Crippen LogP contribution in [0.25, 0.3) is 0 Å². The number of carbonyl (C=O) groups excluding carboxylic acids is 1. The lowest BCUT2D eigenvalue weighted by Gasteiger charge is -2.31. The quantitative estimate of drug-likeness (QED) is 0.868. The summed E-state index contributed by atoms with van der Waals surface area (Å²) >= 11 is 0. The van der Waals surface area contributed by atoms with Crippen LogP contribution in [0.4, 0.5) is 11.4 Å². The van der Waals surface area contributed by atoms with E-state index in [0.717, 1.165) is 31.9 Å². The maximum absolute atomic E-state index is 12.3. The van der Waals surface area contributed by atoms with Crippen molar-refractivity contribution in [3.05, 3.63) is 24.3 Å². The number of morpholine rings is 1. The fraction of sp³-hybridized carbons (Fsp3) is 0.611. The first kappa shape index (κ1) is 16.3. The van der Waals surface area contributed by atoms with Crippen LogP contribution in [0.1, 0.15) is 26.7 Å². The number of quaternary nitrogens is 1. The van der Waals surface area contributed by atoms with Crippen LogP contribution in [-0.2, 0) is 9.53 Å². The molecule has 2 N–H and O–H groups in total. The second-order valence-electron chi connectivity index (χ2n) is 6.88. The second-order valence-corrected chi connectivity index (χ2v) is 6.88. The molecule has 5 nitrogen and oxygen atoms in total. The maximum Gasteiger partial charge on any atom is 0.279 e. The van der Waals surface area contributed by atoms with Gasteiger partial charge in [0.1, 0.15) is 25.3 Å². The van der Waals surface area contributed by atoms with E-state index in [-0.39, 0.29) is 18.1 Å². The van der Waals surface area contributed by atoms with E-state index >= 15 is 0 Å². The molecule has 2 saturated heterocycles. The molecule has 0 bridgehead atoms. The minimum Gasteiger partial charge on any atom is -0.372 e. The van der Waals surface area contributed by atoms with Gasteiger partial charge in [0.25, 0.3) is 5.91 Å². The van der Waals surface area contributed by atoms with Crippen molar-refractivity contribution in [3.63, 3.8) is 0 Å². The Morgan fingerprint density at radius 1 is 1.17 bits per heavy atom. The molecular weight excluding hydrogens is 290 g/mol. The molecule has 0 aromatic heterocycles. The summed E-state index contributed by atoms with van der Waals surface area (Å²) in [5, 5.41) is 3.02. The summed E-state index contributed by atoms with van der Waals surface area (Å²) < 4.78 is 5.72. The number of benzene rings is 1. The summed E-state index contributed by atoms with van der Waals surface area (Å²) in [5.41, 5.74) is 2.13. The van der Waals surface area contributed by atoms with E-state index in [2.05, 4.69) is 36.2 Å². The normalized spacial score (nSPS) is 27.9. The molecule has 0 spiro atoms. The minimum atomic E-state index is 0.0789. The van der Waals surface area contributed by atoms with Gasteiger partial charge >= 0.3 is 0 Å². The SMILES string of the molecule is C[C@@H]1C[NH+](CC(=O)Nc2ccc(N3CCCC3)cc2)C[C@@H](C)O1. The topological polar surface area (TPSA) is 46.0 Å². The molecule has 0 unspecified atom stereocenters. The summed E-state index contributed by atoms with van der Waals surface area (Å²) in [4.78, 5) is 15.9. The minimum absolute atomic E-state index is 0.0789. The highest BCUT2D eigenvalue weighted by atomic mass is 16.5. The van der Waals surface area contributed by atoms with E-state index in [0.29, 0.717) is 6.54 Å². The number of hydrogen-bond donors (Lipinski definition) is 2. The first-order chi connectivity index (χ1) is 11.1. The first-order valence-corrected chi connectivity index (χ1v) is 8.74. The molecule has 2 aliphatic heterocycles. The van der Waals surface area contributed by atoms with Gasteiger partial charge in [-0.2, -0.15) is 0 Å². The van der Waals surface area contributed by atoms with Crippen LogP contribution < -0.4 is 15.1 Å². The van der Waals surface area contributed by atoms with Crippen molar-refractivity contribution >= 4 is 17.3 Å². The smallest absolute Gasteiger partial charge is 0.279 e. The van der Waals surface area contributed by atoms with Gasteiger partial charge in [0.05, 0.1) is 0 Å². The molecular formula is C18H28N3O2+. The number of carbonyl (C=O) groups is 1. The van der Waals surface area contributed by atoms with Gasteiger partial charge in [-0.3, -0.25) is 4.79 Å². The van der Waals surface area contributed by atoms with Crippen LogP contribution in [0.2, 0.25) is 0 Å². The molecule has 1 amide bonds. The Morgan fingerprint density at radius 3 is 2.39 bits per heavy atom. The fourth-order valence-corrected chi connectivity index (χ4v) is 3.70. The summed E-state index contributed by atoms with van der Waals surface area (Å²) in [5.74, 6) is 0.0789. The van der Waals surface area contributed by atoms with Crippen molar-refractivity contribution in [2.24, 2.45) is 0 Å². The molecule has 2 fully saturated rings. The molecule has 2 heterocycles. The molecule has 126 valence electrons. The van der Waals surface area contributed by atoms with E-state index < -0.39 is 0 Å². The number of amides is 1. The van der Waals surface area contributed by atoms with Crippen LogP contribution in [0.15, 0.2) is 24.3 Å². The molecule has 1 aromatic carbocycles. The van der Waals surface area contributed by atoms with E-state index in [1.165, 1.54) is 23.4 Å². The third kappa shape index (κ3) is 4.45. The van der Waals surface area contributed by atoms with E-state index in [1.54, 1.807) is 0 Å². The standard InChI is InChI=1S/C18H27N3O2/c1-14-11-20(12-15(2)23-14)13-18(22)19-16-5-7-17(8-6-16)21-9-3-4-10-21/h5-8,14-15H,3-4,9-13H2,1-2H3,(H,19,22)/p+1/t14-,15-/m1/s1. The van der Waals surface area contributed by atoms with E-state index in [4.69, 9.17) is 4.74 Å². The number of rotatable bonds is 4. The zero-order valence-corrected chi connectivity index (χ0v) is 14.2. The van der Waals surface area contributed by atoms with Gasteiger partial charge in [-0.25, -0.2) is 0 Å². The van der Waals surface area contributed by atoms with E-state index in [1.807, 2.05) is 12.1 Å². The number of nitrogens with zero attached hydrogens (tertiary/aromatic N) is 1. The number of anilines is 2. The summed E-state index contributed by atoms with van der Waals surface area (Å²) in [7, 11) is 0. The Labute approximate surface area is 138 Å². The molecule has 23 heavy (non-hydrogen) atoms. The van der Waals surface area contributed by atoms with Crippen molar-refractivity contribution in [1.29, 1.82) is 0 Å². The Balaban J connectivity index is 1.51. The molecule has 1 aromatic rings. The van der Waals surface area contributed by atoms with Gasteiger partial charge in [-0.15, -0.1) is 0 Å². The molecule has 2 atom stereocenters. The average molecular weight is 318 g/mol. The Bertz CT molecular complexity index is 516. The number of hydrogen-bond acceptors (Lipinski definition) is 3. The van der Waals surface area contributed by atoms with E-state index in [9.17, 15) is 4.79 Å². The summed E-state index contributed by atoms with van der Waals surface area (Å²) in [6.07, 6.45) is 3.00. The lowest BCUT2D eigenvalue weighted by molar-refractivity contribution is -0.907. The molecule has 0 aliphatic carbocycles. The van der Waals surface area contributed by atoms with Crippen molar-refractivity contribution in [2.75, 3.05) is 42.9 Å². The second kappa shape index (κ2) is 7.32. The predicted octanol–water partition coefficient (Wildman–Crippen LogP) is 0.917. The van der Waals surface area contributed by atoms with Crippen LogP contribution in [0, 0.1) is 0 Å². The monoisotopic (exact) mass is 318 g/mol. The highest BCUT2D eigenvalue weighted by Crippen LogP contribution is 2.21. The van der Waals surface area contributed by atoms with Crippen molar-refractivity contribution < 1.29 is 14.4 Å². The van der Waals surface area contributed by atoms with Gasteiger partial charge in [-0.05, 0) is 51.0 Å². The van der Waals surface area contributed by atoms with Gasteiger partial charge in [0, 0.05) is 24.5 Å². The van der Waals surface area contributed by atoms with Gasteiger partial charge in [-0.1, -0.05) is 0 Å². The zero-order valence-electron chi connectivity index (χ0n) is 14.2. The Hall–Kier alpha value is -1.59. The lowest BCUT2D eigenvalue weighted by atomic mass is 10.2. The van der Waals surface area contributed by atoms with Crippen molar-refractivity contribution in [3.8, 4) is 0 Å². The first-order valence-electron chi connectivity index (χ1n) is 8.74. The van der Waals surface area contributed by atoms with Crippen LogP contribution in [0.5, 0.6) is 0 Å². The van der Waals surface area contributed by atoms with Crippen LogP contribution >= 0.6 is 0 Å². The zero-order chi connectivity index (χ0) is 16.2. The maximum atomic E-state index is 12.3. The summed E-state index contributed by atoms with van der Waals surface area (Å²) in [6, 6.07) is 8.22. The Kier molecular flexibility index (Phi) is 5.18. The average Bonchev–Trinajstić information content (AvgIpc) is 3.01. The molecule has 3 rings (SSSR count). The third-order valence-corrected chi connectivity index (χ3v) is 4.65. The Morgan fingerprint density at radius 2 is 1.78 bits per heavy atom. The third-order valence-electron chi connectivity index (χ3n) is 4.65. The summed E-state index contributed by atoms with van der Waals surface area (Å²) in [6.45, 7) is 8.73. The van der Waals surface area contributed by atoms with Gasteiger partial charge in [0.2, 0.25) is 0 Å². The lowest BCUT2D eigenvalue weighted by Crippen LogP contribution is -3.16. The predicted molar refractivity (Wildman–Crippen MR) is 92.1 cm³/mol.